The number of hydrogen-bond donors (Lipinski definition) is 2. The molecule has 0 bridgehead atoms. The Morgan fingerprint density at radius 3 is 2.80 bits per heavy atom. The van der Waals surface area contributed by atoms with Gasteiger partial charge >= 0.3 is 0 Å². The zero-order valence-corrected chi connectivity index (χ0v) is 16.2. The van der Waals surface area contributed by atoms with Crippen LogP contribution in [0.25, 0.3) is 0 Å². The molecule has 2 N–H and O–H groups in total. The van der Waals surface area contributed by atoms with Crippen LogP contribution in [0.3, 0.4) is 0 Å². The Hall–Kier alpha value is -2.02. The van der Waals surface area contributed by atoms with E-state index >= 15 is 0 Å². The van der Waals surface area contributed by atoms with E-state index in [1.54, 1.807) is 11.8 Å². The third-order valence-corrected chi connectivity index (χ3v) is 4.44. The van der Waals surface area contributed by atoms with Crippen molar-refractivity contribution in [3.63, 3.8) is 0 Å². The van der Waals surface area contributed by atoms with Crippen LogP contribution in [0.2, 0.25) is 0 Å². The molecule has 25 heavy (non-hydrogen) atoms. The highest BCUT2D eigenvalue weighted by Gasteiger charge is 2.04. The Morgan fingerprint density at radius 1 is 1.28 bits per heavy atom. The molecule has 7 heteroatoms. The standard InChI is InChI=1S/C18H27N5OS/c1-5-19-18(20-10-6-7-17-22-14(3)23-24-17)21-12-15-9-8-13(2)11-16(15)25-4/h8-9,11H,5-7,10,12H2,1-4H3,(H2,19,20,21). The van der Waals surface area contributed by atoms with Crippen LogP contribution in [0, 0.1) is 13.8 Å². The predicted molar refractivity (Wildman–Crippen MR) is 103 cm³/mol. The Bertz CT molecular complexity index is 699. The van der Waals surface area contributed by atoms with Gasteiger partial charge in [-0.2, -0.15) is 4.98 Å². The topological polar surface area (TPSA) is 75.3 Å². The van der Waals surface area contributed by atoms with Gasteiger partial charge in [0, 0.05) is 24.4 Å². The van der Waals surface area contributed by atoms with Crippen LogP contribution in [-0.4, -0.2) is 35.4 Å². The second-order valence-electron chi connectivity index (χ2n) is 5.78. The molecular weight excluding hydrogens is 334 g/mol. The molecule has 0 spiro atoms. The van der Waals surface area contributed by atoms with E-state index in [0.717, 1.165) is 31.9 Å². The van der Waals surface area contributed by atoms with Crippen molar-refractivity contribution in [1.29, 1.82) is 0 Å². The second-order valence-corrected chi connectivity index (χ2v) is 6.62. The van der Waals surface area contributed by atoms with Crippen LogP contribution in [0.5, 0.6) is 0 Å². The smallest absolute Gasteiger partial charge is 0.226 e. The minimum absolute atomic E-state index is 0.661. The SMILES string of the molecule is CCNC(=NCc1ccc(C)cc1SC)NCCCc1nc(C)no1. The number of thioether (sulfide) groups is 1. The zero-order valence-electron chi connectivity index (χ0n) is 15.4. The molecule has 0 aliphatic carbocycles. The van der Waals surface area contributed by atoms with E-state index in [1.807, 2.05) is 6.92 Å². The van der Waals surface area contributed by atoms with E-state index in [4.69, 9.17) is 9.52 Å². The molecule has 2 rings (SSSR count). The van der Waals surface area contributed by atoms with Crippen molar-refractivity contribution in [2.75, 3.05) is 19.3 Å². The summed E-state index contributed by atoms with van der Waals surface area (Å²) < 4.78 is 5.12. The van der Waals surface area contributed by atoms with Gasteiger partial charge in [0.15, 0.2) is 11.8 Å². The molecule has 1 heterocycles. The molecule has 0 aliphatic rings. The maximum absolute atomic E-state index is 5.12. The normalized spacial score (nSPS) is 11.6. The molecule has 0 saturated carbocycles. The number of guanidine groups is 1. The lowest BCUT2D eigenvalue weighted by molar-refractivity contribution is 0.372. The molecule has 0 atom stereocenters. The summed E-state index contributed by atoms with van der Waals surface area (Å²) in [6.45, 7) is 8.30. The largest absolute Gasteiger partial charge is 0.357 e. The lowest BCUT2D eigenvalue weighted by Gasteiger charge is -2.12. The van der Waals surface area contributed by atoms with Crippen LogP contribution in [0.15, 0.2) is 32.6 Å². The minimum Gasteiger partial charge on any atom is -0.357 e. The Morgan fingerprint density at radius 2 is 2.12 bits per heavy atom. The Balaban J connectivity index is 1.87. The van der Waals surface area contributed by atoms with Crippen molar-refractivity contribution in [3.8, 4) is 0 Å². The summed E-state index contributed by atoms with van der Waals surface area (Å²) in [5.74, 6) is 2.20. The highest BCUT2D eigenvalue weighted by atomic mass is 32.2. The first-order valence-electron chi connectivity index (χ1n) is 8.57. The summed E-state index contributed by atoms with van der Waals surface area (Å²) in [7, 11) is 0. The molecule has 6 nitrogen and oxygen atoms in total. The number of aliphatic imine (C=N–C) groups is 1. The molecule has 1 aromatic carbocycles. The summed E-state index contributed by atoms with van der Waals surface area (Å²) in [5.41, 5.74) is 2.52. The van der Waals surface area contributed by atoms with Crippen molar-refractivity contribution >= 4 is 17.7 Å². The van der Waals surface area contributed by atoms with Gasteiger partial charge in [-0.25, -0.2) is 4.99 Å². The van der Waals surface area contributed by atoms with Crippen molar-refractivity contribution in [2.24, 2.45) is 4.99 Å². The van der Waals surface area contributed by atoms with Gasteiger partial charge in [-0.1, -0.05) is 17.3 Å². The van der Waals surface area contributed by atoms with Gasteiger partial charge in [0.2, 0.25) is 5.89 Å². The fourth-order valence-corrected chi connectivity index (χ4v) is 3.07. The number of nitrogens with one attached hydrogen (secondary N) is 2. The van der Waals surface area contributed by atoms with Crippen molar-refractivity contribution in [1.82, 2.24) is 20.8 Å². The van der Waals surface area contributed by atoms with Crippen molar-refractivity contribution in [2.45, 2.75) is 45.1 Å². The van der Waals surface area contributed by atoms with Crippen LogP contribution >= 0.6 is 11.8 Å². The lowest BCUT2D eigenvalue weighted by Crippen LogP contribution is -2.37. The summed E-state index contributed by atoms with van der Waals surface area (Å²) >= 11 is 1.76. The van der Waals surface area contributed by atoms with Gasteiger partial charge in [-0.05, 0) is 50.6 Å². The second kappa shape index (κ2) is 10.1. The molecular formula is C18H27N5OS. The molecule has 0 fully saturated rings. The van der Waals surface area contributed by atoms with E-state index in [-0.39, 0.29) is 0 Å². The lowest BCUT2D eigenvalue weighted by atomic mass is 10.1. The minimum atomic E-state index is 0.661. The fraction of sp³-hybridized carbons (Fsp3) is 0.500. The first-order chi connectivity index (χ1) is 12.1. The van der Waals surface area contributed by atoms with Gasteiger partial charge in [0.25, 0.3) is 0 Å². The number of hydrogen-bond acceptors (Lipinski definition) is 5. The molecule has 0 aliphatic heterocycles. The fourth-order valence-electron chi connectivity index (χ4n) is 2.38. The van der Waals surface area contributed by atoms with E-state index in [2.05, 4.69) is 59.1 Å². The average molecular weight is 362 g/mol. The quantitative estimate of drug-likeness (QED) is 0.326. The number of nitrogens with zero attached hydrogens (tertiary/aromatic N) is 3. The third kappa shape index (κ3) is 6.42. The van der Waals surface area contributed by atoms with E-state index < -0.39 is 0 Å². The molecule has 0 unspecified atom stereocenters. The highest BCUT2D eigenvalue weighted by molar-refractivity contribution is 7.98. The maximum Gasteiger partial charge on any atom is 0.226 e. The summed E-state index contributed by atoms with van der Waals surface area (Å²) in [6.07, 6.45) is 3.78. The van der Waals surface area contributed by atoms with Crippen LogP contribution in [-0.2, 0) is 13.0 Å². The first kappa shape index (κ1) is 19.3. The van der Waals surface area contributed by atoms with Crippen molar-refractivity contribution in [3.05, 3.63) is 41.0 Å². The average Bonchev–Trinajstić information content (AvgIpc) is 3.02. The van der Waals surface area contributed by atoms with Crippen LogP contribution < -0.4 is 10.6 Å². The molecule has 1 aromatic heterocycles. The van der Waals surface area contributed by atoms with E-state index in [1.165, 1.54) is 16.0 Å². The summed E-state index contributed by atoms with van der Waals surface area (Å²) in [4.78, 5) is 10.2. The molecule has 136 valence electrons. The van der Waals surface area contributed by atoms with Gasteiger partial charge in [0.05, 0.1) is 6.54 Å². The van der Waals surface area contributed by atoms with Gasteiger partial charge in [-0.3, -0.25) is 0 Å². The van der Waals surface area contributed by atoms with Gasteiger partial charge < -0.3 is 15.2 Å². The van der Waals surface area contributed by atoms with Crippen molar-refractivity contribution < 1.29 is 4.52 Å². The van der Waals surface area contributed by atoms with Gasteiger partial charge in [-0.15, -0.1) is 11.8 Å². The molecule has 0 radical (unpaired) electrons. The van der Waals surface area contributed by atoms with E-state index in [0.29, 0.717) is 18.3 Å². The highest BCUT2D eigenvalue weighted by Crippen LogP contribution is 2.22. The monoisotopic (exact) mass is 361 g/mol. The first-order valence-corrected chi connectivity index (χ1v) is 9.79. The summed E-state index contributed by atoms with van der Waals surface area (Å²) in [6, 6.07) is 6.51. The maximum atomic E-state index is 5.12. The number of benzene rings is 1. The summed E-state index contributed by atoms with van der Waals surface area (Å²) in [5, 5.41) is 10.4. The predicted octanol–water partition coefficient (Wildman–Crippen LogP) is 3.10. The van der Waals surface area contributed by atoms with Crippen LogP contribution in [0.1, 0.15) is 36.2 Å². The number of aryl methyl sites for hydroxylation is 3. The Kier molecular flexibility index (Phi) is 7.78. The zero-order chi connectivity index (χ0) is 18.1. The number of rotatable bonds is 8. The molecule has 0 saturated heterocycles. The number of aromatic nitrogens is 2. The Labute approximate surface area is 153 Å². The molecule has 0 amide bonds. The van der Waals surface area contributed by atoms with E-state index in [9.17, 15) is 0 Å². The van der Waals surface area contributed by atoms with Gasteiger partial charge in [0.1, 0.15) is 0 Å². The molecule has 2 aromatic rings. The third-order valence-electron chi connectivity index (χ3n) is 3.62. The van der Waals surface area contributed by atoms with Crippen LogP contribution in [0.4, 0.5) is 0 Å².